The Bertz CT molecular complexity index is 779. The van der Waals surface area contributed by atoms with Crippen molar-refractivity contribution in [2.45, 2.75) is 6.92 Å². The number of hydrogen-bond donors (Lipinski definition) is 1. The van der Waals surface area contributed by atoms with Gasteiger partial charge in [0.2, 0.25) is 0 Å². The number of hydrogen-bond acceptors (Lipinski definition) is 4. The van der Waals surface area contributed by atoms with Crippen molar-refractivity contribution in [3.8, 4) is 5.75 Å². The standard InChI is InChI=1S/C17H15BrFNO4/c1-10-3-6-15(23-2)14(7-10)20-16(21)9-24-17(22)12-8-11(18)4-5-13(12)19/h3-8H,9H2,1-2H3,(H,20,21). The Kier molecular flexibility index (Phi) is 5.92. The van der Waals surface area contributed by atoms with Gasteiger partial charge in [-0.25, -0.2) is 9.18 Å². The number of ether oxygens (including phenoxy) is 2. The largest absolute Gasteiger partial charge is 0.495 e. The molecule has 24 heavy (non-hydrogen) atoms. The normalized spacial score (nSPS) is 10.2. The van der Waals surface area contributed by atoms with Crippen LogP contribution in [0.3, 0.4) is 0 Å². The lowest BCUT2D eigenvalue weighted by Crippen LogP contribution is -2.21. The van der Waals surface area contributed by atoms with Crippen LogP contribution < -0.4 is 10.1 Å². The fourth-order valence-electron chi connectivity index (χ4n) is 1.97. The average Bonchev–Trinajstić information content (AvgIpc) is 2.55. The summed E-state index contributed by atoms with van der Waals surface area (Å²) < 4.78 is 24.1. The minimum Gasteiger partial charge on any atom is -0.495 e. The van der Waals surface area contributed by atoms with Crippen LogP contribution in [0.4, 0.5) is 10.1 Å². The van der Waals surface area contributed by atoms with Gasteiger partial charge >= 0.3 is 5.97 Å². The maximum Gasteiger partial charge on any atom is 0.341 e. The number of esters is 1. The molecular weight excluding hydrogens is 381 g/mol. The minimum atomic E-state index is -0.917. The van der Waals surface area contributed by atoms with E-state index in [2.05, 4.69) is 21.2 Å². The number of aryl methyl sites for hydroxylation is 1. The number of benzene rings is 2. The lowest BCUT2D eigenvalue weighted by molar-refractivity contribution is -0.119. The zero-order chi connectivity index (χ0) is 17.7. The molecule has 0 aliphatic heterocycles. The smallest absolute Gasteiger partial charge is 0.341 e. The Labute approximate surface area is 146 Å². The van der Waals surface area contributed by atoms with Gasteiger partial charge in [0.25, 0.3) is 5.91 Å². The molecule has 7 heteroatoms. The molecule has 1 N–H and O–H groups in total. The van der Waals surface area contributed by atoms with Crippen LogP contribution in [0.25, 0.3) is 0 Å². The molecule has 0 bridgehead atoms. The average molecular weight is 396 g/mol. The van der Waals surface area contributed by atoms with Crippen molar-refractivity contribution >= 4 is 33.5 Å². The molecule has 0 fully saturated rings. The van der Waals surface area contributed by atoms with Crippen molar-refractivity contribution in [3.05, 3.63) is 57.8 Å². The topological polar surface area (TPSA) is 64.6 Å². The highest BCUT2D eigenvalue weighted by molar-refractivity contribution is 9.10. The van der Waals surface area contributed by atoms with Crippen LogP contribution in [-0.2, 0) is 9.53 Å². The van der Waals surface area contributed by atoms with E-state index < -0.39 is 24.3 Å². The maximum absolute atomic E-state index is 13.6. The summed E-state index contributed by atoms with van der Waals surface area (Å²) >= 11 is 3.14. The lowest BCUT2D eigenvalue weighted by atomic mass is 10.2. The number of nitrogens with one attached hydrogen (secondary N) is 1. The van der Waals surface area contributed by atoms with Gasteiger partial charge in [-0.3, -0.25) is 4.79 Å². The first kappa shape index (κ1) is 17.9. The van der Waals surface area contributed by atoms with Gasteiger partial charge < -0.3 is 14.8 Å². The SMILES string of the molecule is COc1ccc(C)cc1NC(=O)COC(=O)c1cc(Br)ccc1F. The van der Waals surface area contributed by atoms with Crippen LogP contribution in [0.15, 0.2) is 40.9 Å². The van der Waals surface area contributed by atoms with Gasteiger partial charge in [0.15, 0.2) is 6.61 Å². The molecular formula is C17H15BrFNO4. The molecule has 0 atom stereocenters. The first-order valence-corrected chi connectivity index (χ1v) is 7.76. The second-order valence-corrected chi connectivity index (χ2v) is 5.87. The molecule has 1 amide bonds. The summed E-state index contributed by atoms with van der Waals surface area (Å²) in [6.45, 7) is 1.33. The summed E-state index contributed by atoms with van der Waals surface area (Å²) in [7, 11) is 1.48. The summed E-state index contributed by atoms with van der Waals surface area (Å²) in [6.07, 6.45) is 0. The van der Waals surface area contributed by atoms with Crippen LogP contribution in [0.2, 0.25) is 0 Å². The van der Waals surface area contributed by atoms with Crippen molar-refractivity contribution in [2.24, 2.45) is 0 Å². The molecule has 0 saturated heterocycles. The van der Waals surface area contributed by atoms with Gasteiger partial charge in [-0.05, 0) is 42.8 Å². The molecule has 0 heterocycles. The first-order chi connectivity index (χ1) is 11.4. The van der Waals surface area contributed by atoms with E-state index in [1.165, 1.54) is 19.2 Å². The quantitative estimate of drug-likeness (QED) is 0.783. The summed E-state index contributed by atoms with van der Waals surface area (Å²) in [5.41, 5.74) is 1.15. The van der Waals surface area contributed by atoms with Crippen molar-refractivity contribution in [1.82, 2.24) is 0 Å². The van der Waals surface area contributed by atoms with E-state index in [0.29, 0.717) is 15.9 Å². The van der Waals surface area contributed by atoms with E-state index in [-0.39, 0.29) is 5.56 Å². The fraction of sp³-hybridized carbons (Fsp3) is 0.176. The predicted molar refractivity (Wildman–Crippen MR) is 90.7 cm³/mol. The number of carbonyl (C=O) groups excluding carboxylic acids is 2. The van der Waals surface area contributed by atoms with Crippen molar-refractivity contribution in [3.63, 3.8) is 0 Å². The van der Waals surface area contributed by atoms with Gasteiger partial charge in [-0.15, -0.1) is 0 Å². The Hall–Kier alpha value is -2.41. The highest BCUT2D eigenvalue weighted by Crippen LogP contribution is 2.25. The zero-order valence-electron chi connectivity index (χ0n) is 13.1. The maximum atomic E-state index is 13.6. The van der Waals surface area contributed by atoms with Gasteiger partial charge in [0.1, 0.15) is 11.6 Å². The van der Waals surface area contributed by atoms with Crippen LogP contribution >= 0.6 is 15.9 Å². The number of amides is 1. The molecule has 2 aromatic carbocycles. The zero-order valence-corrected chi connectivity index (χ0v) is 14.6. The summed E-state index contributed by atoms with van der Waals surface area (Å²) in [5.74, 6) is -1.70. The molecule has 2 aromatic rings. The summed E-state index contributed by atoms with van der Waals surface area (Å²) in [5, 5.41) is 2.59. The third-order valence-corrected chi connectivity index (χ3v) is 3.60. The third kappa shape index (κ3) is 4.55. The van der Waals surface area contributed by atoms with Crippen LogP contribution in [-0.4, -0.2) is 25.6 Å². The number of anilines is 1. The minimum absolute atomic E-state index is 0.245. The van der Waals surface area contributed by atoms with E-state index in [9.17, 15) is 14.0 Å². The first-order valence-electron chi connectivity index (χ1n) is 6.97. The van der Waals surface area contributed by atoms with E-state index in [1.807, 2.05) is 13.0 Å². The van der Waals surface area contributed by atoms with E-state index in [4.69, 9.17) is 9.47 Å². The fourth-order valence-corrected chi connectivity index (χ4v) is 2.33. The van der Waals surface area contributed by atoms with E-state index in [0.717, 1.165) is 11.6 Å². The summed E-state index contributed by atoms with van der Waals surface area (Å²) in [4.78, 5) is 23.8. The van der Waals surface area contributed by atoms with Crippen LogP contribution in [0, 0.1) is 12.7 Å². The van der Waals surface area contributed by atoms with Gasteiger partial charge in [-0.1, -0.05) is 22.0 Å². The number of halogens is 2. The Morgan fingerprint density at radius 2 is 1.96 bits per heavy atom. The molecule has 2 rings (SSSR count). The molecule has 0 radical (unpaired) electrons. The monoisotopic (exact) mass is 395 g/mol. The number of methoxy groups -OCH3 is 1. The second kappa shape index (κ2) is 7.92. The van der Waals surface area contributed by atoms with Gasteiger partial charge in [0.05, 0.1) is 18.4 Å². The Balaban J connectivity index is 2.00. The van der Waals surface area contributed by atoms with Crippen molar-refractivity contribution < 1.29 is 23.5 Å². The molecule has 0 aliphatic rings. The Morgan fingerprint density at radius 3 is 2.67 bits per heavy atom. The predicted octanol–water partition coefficient (Wildman–Crippen LogP) is 3.70. The second-order valence-electron chi connectivity index (χ2n) is 4.95. The van der Waals surface area contributed by atoms with Gasteiger partial charge in [0, 0.05) is 4.47 Å². The van der Waals surface area contributed by atoms with E-state index in [1.54, 1.807) is 12.1 Å². The van der Waals surface area contributed by atoms with Crippen molar-refractivity contribution in [2.75, 3.05) is 19.0 Å². The van der Waals surface area contributed by atoms with Gasteiger partial charge in [-0.2, -0.15) is 0 Å². The molecule has 0 aliphatic carbocycles. The number of rotatable bonds is 5. The Morgan fingerprint density at radius 1 is 1.21 bits per heavy atom. The highest BCUT2D eigenvalue weighted by atomic mass is 79.9. The van der Waals surface area contributed by atoms with Crippen molar-refractivity contribution in [1.29, 1.82) is 0 Å². The van der Waals surface area contributed by atoms with E-state index >= 15 is 0 Å². The number of carbonyl (C=O) groups is 2. The van der Waals surface area contributed by atoms with Crippen LogP contribution in [0.1, 0.15) is 15.9 Å². The molecule has 0 spiro atoms. The molecule has 0 aromatic heterocycles. The van der Waals surface area contributed by atoms with Crippen LogP contribution in [0.5, 0.6) is 5.75 Å². The third-order valence-electron chi connectivity index (χ3n) is 3.11. The lowest BCUT2D eigenvalue weighted by Gasteiger charge is -2.11. The summed E-state index contributed by atoms with van der Waals surface area (Å²) in [6, 6.07) is 9.17. The molecule has 0 saturated carbocycles. The molecule has 126 valence electrons. The molecule has 0 unspecified atom stereocenters. The molecule has 5 nitrogen and oxygen atoms in total. The highest BCUT2D eigenvalue weighted by Gasteiger charge is 2.16.